The molecule has 3 rings (SSSR count). The summed E-state index contributed by atoms with van der Waals surface area (Å²) in [5, 5.41) is 12.3. The molecule has 0 bridgehead atoms. The first kappa shape index (κ1) is 14.6. The van der Waals surface area contributed by atoms with Gasteiger partial charge < -0.3 is 13.7 Å². The normalized spacial score (nSPS) is 10.8. The summed E-state index contributed by atoms with van der Waals surface area (Å²) in [4.78, 5) is 4.23. The van der Waals surface area contributed by atoms with Gasteiger partial charge in [-0.05, 0) is 12.1 Å². The second-order valence-corrected chi connectivity index (χ2v) is 5.25. The number of methoxy groups -OCH3 is 1. The first-order valence-corrected chi connectivity index (χ1v) is 7.70. The van der Waals surface area contributed by atoms with Gasteiger partial charge in [0.05, 0.1) is 18.4 Å². The fourth-order valence-electron chi connectivity index (χ4n) is 1.81. The molecule has 2 heterocycles. The first-order valence-electron chi connectivity index (χ1n) is 6.71. The summed E-state index contributed by atoms with van der Waals surface area (Å²) in [7, 11) is 1.60. The van der Waals surface area contributed by atoms with Crippen LogP contribution in [0.2, 0.25) is 0 Å². The molecule has 22 heavy (non-hydrogen) atoms. The highest BCUT2D eigenvalue weighted by Crippen LogP contribution is 2.31. The van der Waals surface area contributed by atoms with Gasteiger partial charge in [-0.25, -0.2) is 0 Å². The van der Waals surface area contributed by atoms with E-state index in [1.807, 2.05) is 31.2 Å². The van der Waals surface area contributed by atoms with Crippen molar-refractivity contribution in [3.8, 4) is 17.2 Å². The van der Waals surface area contributed by atoms with Gasteiger partial charge in [-0.15, -0.1) is 10.2 Å². The van der Waals surface area contributed by atoms with Gasteiger partial charge in [-0.1, -0.05) is 36.0 Å². The van der Waals surface area contributed by atoms with Gasteiger partial charge >= 0.3 is 0 Å². The van der Waals surface area contributed by atoms with Crippen LogP contribution in [0.25, 0.3) is 11.5 Å². The summed E-state index contributed by atoms with van der Waals surface area (Å²) in [6.45, 7) is 1.97. The largest absolute Gasteiger partial charge is 0.496 e. The Kier molecular flexibility index (Phi) is 4.38. The van der Waals surface area contributed by atoms with E-state index in [9.17, 15) is 0 Å². The van der Waals surface area contributed by atoms with Crippen LogP contribution in [0.15, 0.2) is 38.4 Å². The summed E-state index contributed by atoms with van der Waals surface area (Å²) < 4.78 is 16.0. The molecule has 0 saturated heterocycles. The number of hydrogen-bond acceptors (Lipinski definition) is 8. The number of para-hydroxylation sites is 1. The van der Waals surface area contributed by atoms with Gasteiger partial charge in [0.1, 0.15) is 5.75 Å². The number of aromatic nitrogens is 4. The Hall–Kier alpha value is -2.35. The maximum atomic E-state index is 5.64. The lowest BCUT2D eigenvalue weighted by Crippen LogP contribution is -1.87. The van der Waals surface area contributed by atoms with Gasteiger partial charge in [0.2, 0.25) is 5.89 Å². The molecule has 2 aromatic heterocycles. The van der Waals surface area contributed by atoms with Crippen LogP contribution in [0.3, 0.4) is 0 Å². The molecule has 8 heteroatoms. The molecular formula is C14H14N4O3S. The van der Waals surface area contributed by atoms with Crippen LogP contribution in [0.1, 0.15) is 18.6 Å². The van der Waals surface area contributed by atoms with Crippen LogP contribution in [-0.4, -0.2) is 27.4 Å². The van der Waals surface area contributed by atoms with Gasteiger partial charge in [0.25, 0.3) is 11.1 Å². The summed E-state index contributed by atoms with van der Waals surface area (Å²) in [6, 6.07) is 7.48. The Labute approximate surface area is 131 Å². The van der Waals surface area contributed by atoms with E-state index in [2.05, 4.69) is 20.3 Å². The molecule has 1 aromatic carbocycles. The zero-order chi connectivity index (χ0) is 15.4. The van der Waals surface area contributed by atoms with E-state index in [0.717, 1.165) is 12.0 Å². The van der Waals surface area contributed by atoms with E-state index in [-0.39, 0.29) is 0 Å². The van der Waals surface area contributed by atoms with Gasteiger partial charge in [-0.2, -0.15) is 4.98 Å². The average Bonchev–Trinajstić information content (AvgIpc) is 3.22. The number of ether oxygens (including phenoxy) is 1. The zero-order valence-electron chi connectivity index (χ0n) is 12.1. The summed E-state index contributed by atoms with van der Waals surface area (Å²) in [5.41, 5.74) is 0.760. The lowest BCUT2D eigenvalue weighted by molar-refractivity contribution is 0.384. The molecule has 0 aliphatic rings. The van der Waals surface area contributed by atoms with Crippen molar-refractivity contribution in [1.82, 2.24) is 20.3 Å². The van der Waals surface area contributed by atoms with Crippen molar-refractivity contribution in [3.05, 3.63) is 36.0 Å². The highest BCUT2D eigenvalue weighted by Gasteiger charge is 2.14. The number of aryl methyl sites for hydroxylation is 1. The molecule has 114 valence electrons. The van der Waals surface area contributed by atoms with E-state index in [4.69, 9.17) is 13.7 Å². The molecule has 3 aromatic rings. The Morgan fingerprint density at radius 3 is 2.86 bits per heavy atom. The van der Waals surface area contributed by atoms with Crippen molar-refractivity contribution < 1.29 is 13.7 Å². The van der Waals surface area contributed by atoms with E-state index >= 15 is 0 Å². The molecule has 0 amide bonds. The standard InChI is InChI=1S/C14H14N4O3S/c1-3-11-15-12(21-18-11)8-22-14-17-16-13(20-14)9-6-4-5-7-10(9)19-2/h4-7H,3,8H2,1-2H3. The Bertz CT molecular complexity index is 756. The summed E-state index contributed by atoms with van der Waals surface area (Å²) >= 11 is 1.35. The molecule has 0 spiro atoms. The molecule has 0 unspecified atom stereocenters. The molecule has 0 N–H and O–H groups in total. The molecule has 0 saturated carbocycles. The fraction of sp³-hybridized carbons (Fsp3) is 0.286. The Morgan fingerprint density at radius 2 is 2.09 bits per heavy atom. The van der Waals surface area contributed by atoms with Crippen LogP contribution < -0.4 is 4.74 Å². The van der Waals surface area contributed by atoms with E-state index < -0.39 is 0 Å². The van der Waals surface area contributed by atoms with Crippen molar-refractivity contribution >= 4 is 11.8 Å². The monoisotopic (exact) mass is 318 g/mol. The van der Waals surface area contributed by atoms with Crippen molar-refractivity contribution in [2.24, 2.45) is 0 Å². The topological polar surface area (TPSA) is 87.1 Å². The lowest BCUT2D eigenvalue weighted by Gasteiger charge is -2.03. The van der Waals surface area contributed by atoms with E-state index in [1.54, 1.807) is 7.11 Å². The highest BCUT2D eigenvalue weighted by atomic mass is 32.2. The number of rotatable bonds is 6. The van der Waals surface area contributed by atoms with E-state index in [0.29, 0.717) is 34.3 Å². The van der Waals surface area contributed by atoms with Crippen molar-refractivity contribution in [3.63, 3.8) is 0 Å². The smallest absolute Gasteiger partial charge is 0.277 e. The summed E-state index contributed by atoms with van der Waals surface area (Å²) in [6.07, 6.45) is 0.743. The van der Waals surface area contributed by atoms with Gasteiger partial charge in [0, 0.05) is 6.42 Å². The number of hydrogen-bond donors (Lipinski definition) is 0. The third kappa shape index (κ3) is 3.11. The van der Waals surface area contributed by atoms with Crippen LogP contribution in [0.4, 0.5) is 0 Å². The minimum Gasteiger partial charge on any atom is -0.496 e. The zero-order valence-corrected chi connectivity index (χ0v) is 13.0. The molecule has 0 radical (unpaired) electrons. The third-order valence-electron chi connectivity index (χ3n) is 2.89. The quantitative estimate of drug-likeness (QED) is 0.641. The second-order valence-electron chi connectivity index (χ2n) is 4.32. The van der Waals surface area contributed by atoms with Crippen molar-refractivity contribution in [2.75, 3.05) is 7.11 Å². The lowest BCUT2D eigenvalue weighted by atomic mass is 10.2. The second kappa shape index (κ2) is 6.61. The predicted molar refractivity (Wildman–Crippen MR) is 79.5 cm³/mol. The van der Waals surface area contributed by atoms with Crippen LogP contribution in [-0.2, 0) is 12.2 Å². The Morgan fingerprint density at radius 1 is 1.23 bits per heavy atom. The van der Waals surface area contributed by atoms with Gasteiger partial charge in [-0.3, -0.25) is 0 Å². The van der Waals surface area contributed by atoms with Crippen molar-refractivity contribution in [2.45, 2.75) is 24.3 Å². The SMILES string of the molecule is CCc1noc(CSc2nnc(-c3ccccc3OC)o2)n1. The van der Waals surface area contributed by atoms with E-state index in [1.165, 1.54) is 11.8 Å². The Balaban J connectivity index is 1.71. The van der Waals surface area contributed by atoms with Crippen molar-refractivity contribution in [1.29, 1.82) is 0 Å². The molecule has 7 nitrogen and oxygen atoms in total. The maximum Gasteiger partial charge on any atom is 0.277 e. The molecule has 0 atom stereocenters. The average molecular weight is 318 g/mol. The summed E-state index contributed by atoms with van der Waals surface area (Å²) in [5.74, 6) is 2.82. The number of nitrogens with zero attached hydrogens (tertiary/aromatic N) is 4. The minimum atomic E-state index is 0.416. The maximum absolute atomic E-state index is 5.64. The predicted octanol–water partition coefficient (Wildman–Crippen LogP) is 2.98. The number of thioether (sulfide) groups is 1. The molecular weight excluding hydrogens is 304 g/mol. The molecule has 0 fully saturated rings. The van der Waals surface area contributed by atoms with Crippen LogP contribution in [0.5, 0.6) is 5.75 Å². The molecule has 0 aliphatic carbocycles. The highest BCUT2D eigenvalue weighted by molar-refractivity contribution is 7.98. The first-order chi connectivity index (χ1) is 10.8. The third-order valence-corrected chi connectivity index (χ3v) is 3.69. The van der Waals surface area contributed by atoms with Gasteiger partial charge in [0.15, 0.2) is 5.82 Å². The molecule has 0 aliphatic heterocycles. The van der Waals surface area contributed by atoms with Crippen LogP contribution >= 0.6 is 11.8 Å². The number of benzene rings is 1. The minimum absolute atomic E-state index is 0.416. The fourth-order valence-corrected chi connectivity index (χ4v) is 2.41. The van der Waals surface area contributed by atoms with Crippen LogP contribution in [0, 0.1) is 0 Å².